The highest BCUT2D eigenvalue weighted by Crippen LogP contribution is 2.33. The van der Waals surface area contributed by atoms with E-state index in [4.69, 9.17) is 0 Å². The highest BCUT2D eigenvalue weighted by Gasteiger charge is 2.31. The van der Waals surface area contributed by atoms with Gasteiger partial charge >= 0.3 is 11.5 Å². The molecule has 1 heterocycles. The van der Waals surface area contributed by atoms with E-state index in [0.717, 1.165) is 19.4 Å². The number of halogens is 3. The Hall–Kier alpha value is -2.17. The molecule has 1 amide bonds. The number of aromatic nitrogens is 1. The first kappa shape index (κ1) is 16.9. The van der Waals surface area contributed by atoms with Crippen molar-refractivity contribution in [2.24, 2.45) is 0 Å². The molecule has 11 heteroatoms. The van der Waals surface area contributed by atoms with Crippen LogP contribution in [0.25, 0.3) is 0 Å². The highest BCUT2D eigenvalue weighted by atomic mass is 32.2. The van der Waals surface area contributed by atoms with Crippen LogP contribution in [0.1, 0.15) is 10.5 Å². The van der Waals surface area contributed by atoms with Gasteiger partial charge < -0.3 is 19.3 Å². The van der Waals surface area contributed by atoms with Crippen LogP contribution in [0, 0.1) is 0 Å². The molecule has 0 atom stereocenters. The number of amides is 1. The molecule has 0 spiro atoms. The fraction of sp³-hybridized carbons (Fsp3) is 0.300. The minimum atomic E-state index is -4.62. The second kappa shape index (κ2) is 7.02. The summed E-state index contributed by atoms with van der Waals surface area (Å²) in [6, 6.07) is 0.790. The van der Waals surface area contributed by atoms with E-state index in [1.165, 1.54) is 0 Å². The molecule has 0 aliphatic carbocycles. The highest BCUT2D eigenvalue weighted by molar-refractivity contribution is 7.95. The van der Waals surface area contributed by atoms with Crippen LogP contribution in [0.4, 0.5) is 13.2 Å². The summed E-state index contributed by atoms with van der Waals surface area (Å²) in [5.74, 6) is -2.70. The van der Waals surface area contributed by atoms with Crippen molar-refractivity contribution in [3.8, 4) is 11.5 Å². The fourth-order valence-corrected chi connectivity index (χ4v) is 1.34. The summed E-state index contributed by atoms with van der Waals surface area (Å²) in [4.78, 5) is 25.8. The maximum Gasteiger partial charge on any atom is 0.479 e. The van der Waals surface area contributed by atoms with E-state index in [-0.39, 0.29) is 5.75 Å². The number of carbonyl (C=O) groups excluding carboxylic acids is 2. The smallest absolute Gasteiger partial charge is 0.479 e. The first-order chi connectivity index (χ1) is 9.73. The van der Waals surface area contributed by atoms with Gasteiger partial charge in [0.2, 0.25) is 0 Å². The lowest BCUT2D eigenvalue weighted by atomic mass is 10.3. The van der Waals surface area contributed by atoms with Gasteiger partial charge in [-0.25, -0.2) is 4.98 Å². The Morgan fingerprint density at radius 1 is 1.48 bits per heavy atom. The Kier molecular flexibility index (Phi) is 5.64. The second-order valence-electron chi connectivity index (χ2n) is 3.41. The molecule has 2 N–H and O–H groups in total. The third-order valence-corrected chi connectivity index (χ3v) is 2.38. The van der Waals surface area contributed by atoms with Crippen LogP contribution >= 0.6 is 12.0 Å². The Labute approximate surface area is 120 Å². The molecule has 21 heavy (non-hydrogen) atoms. The molecule has 0 saturated carbocycles. The van der Waals surface area contributed by atoms with Crippen LogP contribution in [0.3, 0.4) is 0 Å². The Balaban J connectivity index is 2.69. The molecule has 1 aromatic rings. The summed E-state index contributed by atoms with van der Waals surface area (Å²) in [5.41, 5.74) is -5.09. The predicted octanol–water partition coefficient (Wildman–Crippen LogP) is 1.24. The van der Waals surface area contributed by atoms with Crippen molar-refractivity contribution < 1.29 is 36.8 Å². The van der Waals surface area contributed by atoms with Crippen LogP contribution in [0.2, 0.25) is 0 Å². The zero-order valence-corrected chi connectivity index (χ0v) is 11.2. The number of hydrogen-bond acceptors (Lipinski definition) is 7. The first-order valence-corrected chi connectivity index (χ1v) is 5.93. The number of hydrogen-bond donors (Lipinski definition) is 2. The summed E-state index contributed by atoms with van der Waals surface area (Å²) in [6.07, 6.45) is 0.825. The minimum Gasteiger partial charge on any atom is -0.505 e. The van der Waals surface area contributed by atoms with E-state index in [1.807, 2.05) is 0 Å². The number of nitrogens with zero attached hydrogens (tertiary/aromatic N) is 1. The number of carbonyl (C=O) groups is 2. The number of nitrogens with one attached hydrogen (secondary N) is 1. The topological polar surface area (TPSA) is 97.8 Å². The number of pyridine rings is 1. The zero-order chi connectivity index (χ0) is 16.0. The lowest BCUT2D eigenvalue weighted by Gasteiger charge is -2.08. The number of ether oxygens (including phenoxy) is 1. The van der Waals surface area contributed by atoms with Gasteiger partial charge in [-0.05, 0) is 0 Å². The molecule has 0 bridgehead atoms. The summed E-state index contributed by atoms with van der Waals surface area (Å²) < 4.78 is 44.3. The van der Waals surface area contributed by atoms with Gasteiger partial charge in [0.05, 0.1) is 13.3 Å². The lowest BCUT2D eigenvalue weighted by Crippen LogP contribution is -2.30. The third-order valence-electron chi connectivity index (χ3n) is 1.91. The molecule has 0 aliphatic rings. The van der Waals surface area contributed by atoms with Gasteiger partial charge in [0.1, 0.15) is 6.54 Å². The van der Waals surface area contributed by atoms with Crippen molar-refractivity contribution in [1.29, 1.82) is 0 Å². The molecule has 0 aliphatic heterocycles. The maximum absolute atomic E-state index is 11.9. The molecule has 1 aromatic heterocycles. The predicted molar refractivity (Wildman–Crippen MR) is 64.5 cm³/mol. The van der Waals surface area contributed by atoms with Crippen molar-refractivity contribution in [3.05, 3.63) is 18.0 Å². The molecule has 0 aromatic carbocycles. The van der Waals surface area contributed by atoms with Gasteiger partial charge in [-0.1, -0.05) is 0 Å². The average Bonchev–Trinajstić information content (AvgIpc) is 2.41. The lowest BCUT2D eigenvalue weighted by molar-refractivity contribution is -0.139. The summed E-state index contributed by atoms with van der Waals surface area (Å²) in [6.45, 7) is -0.446. The van der Waals surface area contributed by atoms with Gasteiger partial charge in [-0.2, -0.15) is 13.2 Å². The summed E-state index contributed by atoms with van der Waals surface area (Å²) in [5, 5.41) is 11.6. The van der Waals surface area contributed by atoms with Gasteiger partial charge in [-0.15, -0.1) is 0 Å². The van der Waals surface area contributed by atoms with E-state index in [9.17, 15) is 27.9 Å². The SMILES string of the molecule is COC(=O)CNC(=O)c1ncc(OSC(F)(F)F)cc1O. The van der Waals surface area contributed by atoms with Crippen LogP contribution < -0.4 is 9.50 Å². The van der Waals surface area contributed by atoms with Gasteiger partial charge in [0.25, 0.3) is 5.91 Å². The Morgan fingerprint density at radius 3 is 2.67 bits per heavy atom. The molecule has 7 nitrogen and oxygen atoms in total. The van der Waals surface area contributed by atoms with Crippen molar-refractivity contribution in [1.82, 2.24) is 10.3 Å². The zero-order valence-electron chi connectivity index (χ0n) is 10.4. The van der Waals surface area contributed by atoms with Gasteiger partial charge in [-0.3, -0.25) is 9.59 Å². The number of methoxy groups -OCH3 is 1. The van der Waals surface area contributed by atoms with Crippen molar-refractivity contribution >= 4 is 23.9 Å². The van der Waals surface area contributed by atoms with Crippen LogP contribution in [0.5, 0.6) is 11.5 Å². The monoisotopic (exact) mass is 326 g/mol. The molecular formula is C10H9F3N2O5S. The average molecular weight is 326 g/mol. The number of esters is 1. The van der Waals surface area contributed by atoms with E-state index >= 15 is 0 Å². The minimum absolute atomic E-state index is 0.389. The maximum atomic E-state index is 11.9. The molecular weight excluding hydrogens is 317 g/mol. The van der Waals surface area contributed by atoms with Crippen LogP contribution in [-0.2, 0) is 9.53 Å². The van der Waals surface area contributed by atoms with E-state index in [0.29, 0.717) is 0 Å². The first-order valence-electron chi connectivity index (χ1n) is 5.19. The molecule has 0 radical (unpaired) electrons. The molecule has 116 valence electrons. The van der Waals surface area contributed by atoms with Crippen molar-refractivity contribution in [2.75, 3.05) is 13.7 Å². The molecule has 0 fully saturated rings. The standard InChI is InChI=1S/C10H9F3N2O5S/c1-19-7(17)4-15-9(18)8-6(16)2-5(3-14-8)20-21-10(11,12)13/h2-3,16H,4H2,1H3,(H,15,18). The van der Waals surface area contributed by atoms with E-state index < -0.39 is 47.4 Å². The van der Waals surface area contributed by atoms with Crippen molar-refractivity contribution in [2.45, 2.75) is 5.51 Å². The summed E-state index contributed by atoms with van der Waals surface area (Å²) in [7, 11) is 1.12. The quantitative estimate of drug-likeness (QED) is 0.620. The fourth-order valence-electron chi connectivity index (χ4n) is 1.06. The van der Waals surface area contributed by atoms with Gasteiger partial charge in [0, 0.05) is 6.07 Å². The molecule has 0 unspecified atom stereocenters. The molecule has 0 saturated heterocycles. The van der Waals surface area contributed by atoms with Gasteiger partial charge in [0.15, 0.2) is 29.2 Å². The third kappa shape index (κ3) is 5.77. The Bertz CT molecular complexity index is 538. The largest absolute Gasteiger partial charge is 0.505 e. The normalized spacial score (nSPS) is 10.9. The van der Waals surface area contributed by atoms with E-state index in [2.05, 4.69) is 19.2 Å². The Morgan fingerprint density at radius 2 is 2.14 bits per heavy atom. The van der Waals surface area contributed by atoms with E-state index in [1.54, 1.807) is 0 Å². The number of aromatic hydroxyl groups is 1. The summed E-state index contributed by atoms with van der Waals surface area (Å²) >= 11 is -0.786. The second-order valence-corrected chi connectivity index (χ2v) is 4.21. The van der Waals surface area contributed by atoms with Crippen LogP contribution in [-0.4, -0.2) is 41.1 Å². The van der Waals surface area contributed by atoms with Crippen molar-refractivity contribution in [3.63, 3.8) is 0 Å². The molecule has 1 rings (SSSR count). The number of alkyl halides is 3. The van der Waals surface area contributed by atoms with Crippen LogP contribution in [0.15, 0.2) is 12.3 Å². The number of rotatable bonds is 5.